The van der Waals surface area contributed by atoms with Crippen LogP contribution >= 0.6 is 22.7 Å². The van der Waals surface area contributed by atoms with Crippen LogP contribution in [-0.4, -0.2) is 30.1 Å². The van der Waals surface area contributed by atoms with Gasteiger partial charge in [0.2, 0.25) is 0 Å². The van der Waals surface area contributed by atoms with E-state index in [-0.39, 0.29) is 11.3 Å². The number of carbonyl (C=O) groups excluding carboxylic acids is 1. The first-order chi connectivity index (χ1) is 13.2. The number of carbonyl (C=O) groups is 1. The number of anilines is 1. The van der Waals surface area contributed by atoms with Gasteiger partial charge < -0.3 is 9.47 Å². The molecule has 0 aliphatic rings. The van der Waals surface area contributed by atoms with Crippen LogP contribution in [0.25, 0.3) is 11.3 Å². The number of nitrogens with one attached hydrogen (secondary N) is 1. The lowest BCUT2D eigenvalue weighted by molar-refractivity contribution is 0.103. The van der Waals surface area contributed by atoms with Gasteiger partial charge in [-0.3, -0.25) is 10.1 Å². The Morgan fingerprint density at radius 2 is 1.89 bits per heavy atom. The molecule has 148 valence electrons. The van der Waals surface area contributed by atoms with Gasteiger partial charge in [-0.05, 0) is 25.1 Å². The van der Waals surface area contributed by atoms with Gasteiger partial charge in [0.25, 0.3) is 5.91 Å². The normalized spacial score (nSPS) is 11.4. The Morgan fingerprint density at radius 1 is 1.14 bits per heavy atom. The van der Waals surface area contributed by atoms with Crippen LogP contribution in [-0.2, 0) is 5.41 Å². The highest BCUT2D eigenvalue weighted by molar-refractivity contribution is 7.15. The van der Waals surface area contributed by atoms with E-state index in [1.807, 2.05) is 30.5 Å². The molecule has 3 rings (SSSR count). The number of methoxy groups -OCH3 is 2. The molecule has 0 aliphatic heterocycles. The van der Waals surface area contributed by atoms with Crippen LogP contribution in [0.4, 0.5) is 5.13 Å². The van der Waals surface area contributed by atoms with Crippen molar-refractivity contribution in [1.29, 1.82) is 0 Å². The van der Waals surface area contributed by atoms with Gasteiger partial charge in [0.1, 0.15) is 16.4 Å². The third-order valence-corrected chi connectivity index (χ3v) is 6.39. The molecule has 0 atom stereocenters. The Balaban J connectivity index is 1.84. The molecule has 2 heterocycles. The Labute approximate surface area is 172 Å². The van der Waals surface area contributed by atoms with E-state index in [1.165, 1.54) is 22.7 Å². The van der Waals surface area contributed by atoms with E-state index in [9.17, 15) is 4.79 Å². The SMILES string of the molecule is COc1ccc(OC)c(-c2csc(NC(=O)c3sc(C(C)(C)C)nc3C)n2)c1. The van der Waals surface area contributed by atoms with Crippen LogP contribution in [0.2, 0.25) is 0 Å². The monoisotopic (exact) mass is 417 g/mol. The summed E-state index contributed by atoms with van der Waals surface area (Å²) >= 11 is 2.79. The molecule has 3 aromatic rings. The quantitative estimate of drug-likeness (QED) is 0.622. The van der Waals surface area contributed by atoms with Crippen LogP contribution in [0, 0.1) is 6.92 Å². The van der Waals surface area contributed by atoms with Gasteiger partial charge in [-0.2, -0.15) is 0 Å². The first kappa shape index (κ1) is 20.3. The fourth-order valence-corrected chi connectivity index (χ4v) is 4.28. The van der Waals surface area contributed by atoms with E-state index in [1.54, 1.807) is 14.2 Å². The summed E-state index contributed by atoms with van der Waals surface area (Å²) in [7, 11) is 3.22. The van der Waals surface area contributed by atoms with Crippen molar-refractivity contribution >= 4 is 33.7 Å². The topological polar surface area (TPSA) is 73.3 Å². The summed E-state index contributed by atoms with van der Waals surface area (Å²) in [5, 5.41) is 6.23. The first-order valence-electron chi connectivity index (χ1n) is 8.70. The highest BCUT2D eigenvalue weighted by atomic mass is 32.1. The standard InChI is InChI=1S/C20H23N3O3S2/c1-11-16(28-18(21-11)20(2,3)4)17(24)23-19-22-14(10-27-19)13-9-12(25-5)7-8-15(13)26-6/h7-10H,1-6H3,(H,22,23,24). The zero-order valence-electron chi connectivity index (χ0n) is 16.7. The fraction of sp³-hybridized carbons (Fsp3) is 0.350. The van der Waals surface area contributed by atoms with Gasteiger partial charge in [0.15, 0.2) is 5.13 Å². The number of amides is 1. The summed E-state index contributed by atoms with van der Waals surface area (Å²) in [6, 6.07) is 5.53. The van der Waals surface area contributed by atoms with E-state index in [2.05, 4.69) is 36.1 Å². The van der Waals surface area contributed by atoms with E-state index in [0.29, 0.717) is 27.2 Å². The minimum absolute atomic E-state index is 0.0920. The summed E-state index contributed by atoms with van der Waals surface area (Å²) < 4.78 is 10.7. The maximum atomic E-state index is 12.7. The van der Waals surface area contributed by atoms with Gasteiger partial charge in [-0.25, -0.2) is 9.97 Å². The highest BCUT2D eigenvalue weighted by Gasteiger charge is 2.23. The fourth-order valence-electron chi connectivity index (χ4n) is 2.55. The molecule has 0 radical (unpaired) electrons. The predicted octanol–water partition coefficient (Wildman–Crippen LogP) is 5.14. The summed E-state index contributed by atoms with van der Waals surface area (Å²) in [6.07, 6.45) is 0. The largest absolute Gasteiger partial charge is 0.497 e. The molecular weight excluding hydrogens is 394 g/mol. The lowest BCUT2D eigenvalue weighted by Crippen LogP contribution is -2.11. The molecule has 0 aliphatic carbocycles. The number of nitrogens with zero attached hydrogens (tertiary/aromatic N) is 2. The molecular formula is C20H23N3O3S2. The van der Waals surface area contributed by atoms with Crippen molar-refractivity contribution in [2.45, 2.75) is 33.1 Å². The first-order valence-corrected chi connectivity index (χ1v) is 10.4. The minimum atomic E-state index is -0.191. The van der Waals surface area contributed by atoms with Crippen molar-refractivity contribution in [3.05, 3.63) is 39.2 Å². The molecule has 6 nitrogen and oxygen atoms in total. The maximum Gasteiger partial charge on any atom is 0.269 e. The number of rotatable bonds is 5. The van der Waals surface area contributed by atoms with E-state index in [0.717, 1.165) is 16.3 Å². The molecule has 1 aromatic carbocycles. The average molecular weight is 418 g/mol. The van der Waals surface area contributed by atoms with Crippen molar-refractivity contribution in [1.82, 2.24) is 9.97 Å². The van der Waals surface area contributed by atoms with Crippen LogP contribution in [0.15, 0.2) is 23.6 Å². The third-order valence-electron chi connectivity index (χ3n) is 4.05. The molecule has 0 fully saturated rings. The van der Waals surface area contributed by atoms with E-state index in [4.69, 9.17) is 9.47 Å². The maximum absolute atomic E-state index is 12.7. The lowest BCUT2D eigenvalue weighted by Gasteiger charge is -2.13. The van der Waals surface area contributed by atoms with Crippen molar-refractivity contribution in [3.8, 4) is 22.8 Å². The molecule has 0 saturated heterocycles. The summed E-state index contributed by atoms with van der Waals surface area (Å²) in [6.45, 7) is 8.11. The number of hydrogen-bond donors (Lipinski definition) is 1. The zero-order valence-corrected chi connectivity index (χ0v) is 18.4. The van der Waals surface area contributed by atoms with Gasteiger partial charge in [-0.1, -0.05) is 20.8 Å². The highest BCUT2D eigenvalue weighted by Crippen LogP contribution is 2.35. The van der Waals surface area contributed by atoms with Crippen LogP contribution in [0.1, 0.15) is 41.1 Å². The second kappa shape index (κ2) is 7.89. The lowest BCUT2D eigenvalue weighted by atomic mass is 9.98. The van der Waals surface area contributed by atoms with Crippen LogP contribution in [0.3, 0.4) is 0 Å². The van der Waals surface area contributed by atoms with Crippen molar-refractivity contribution in [2.24, 2.45) is 0 Å². The molecule has 28 heavy (non-hydrogen) atoms. The minimum Gasteiger partial charge on any atom is -0.497 e. The Bertz CT molecular complexity index is 1000. The molecule has 1 amide bonds. The van der Waals surface area contributed by atoms with Crippen molar-refractivity contribution in [2.75, 3.05) is 19.5 Å². The molecule has 0 spiro atoms. The van der Waals surface area contributed by atoms with Crippen molar-refractivity contribution < 1.29 is 14.3 Å². The number of benzene rings is 1. The number of ether oxygens (including phenoxy) is 2. The molecule has 8 heteroatoms. The third kappa shape index (κ3) is 4.18. The summed E-state index contributed by atoms with van der Waals surface area (Å²) in [4.78, 5) is 22.4. The molecule has 0 bridgehead atoms. The number of thiazole rings is 2. The Morgan fingerprint density at radius 3 is 2.50 bits per heavy atom. The average Bonchev–Trinajstić information content (AvgIpc) is 3.27. The van der Waals surface area contributed by atoms with Crippen LogP contribution < -0.4 is 14.8 Å². The number of hydrogen-bond acceptors (Lipinski definition) is 7. The number of aryl methyl sites for hydroxylation is 1. The molecule has 1 N–H and O–H groups in total. The second-order valence-corrected chi connectivity index (χ2v) is 9.10. The smallest absolute Gasteiger partial charge is 0.269 e. The predicted molar refractivity (Wildman–Crippen MR) is 114 cm³/mol. The van der Waals surface area contributed by atoms with Crippen molar-refractivity contribution in [3.63, 3.8) is 0 Å². The molecule has 2 aromatic heterocycles. The van der Waals surface area contributed by atoms with Crippen LogP contribution in [0.5, 0.6) is 11.5 Å². The molecule has 0 unspecified atom stereocenters. The Hall–Kier alpha value is -2.45. The number of aromatic nitrogens is 2. The Kier molecular flexibility index (Phi) is 5.71. The summed E-state index contributed by atoms with van der Waals surface area (Å²) in [5.41, 5.74) is 2.17. The van der Waals surface area contributed by atoms with E-state index < -0.39 is 0 Å². The van der Waals surface area contributed by atoms with Gasteiger partial charge in [0, 0.05) is 16.4 Å². The molecule has 0 saturated carbocycles. The van der Waals surface area contributed by atoms with Gasteiger partial charge in [-0.15, -0.1) is 22.7 Å². The van der Waals surface area contributed by atoms with Gasteiger partial charge in [0.05, 0.1) is 30.6 Å². The van der Waals surface area contributed by atoms with Gasteiger partial charge >= 0.3 is 0 Å². The van der Waals surface area contributed by atoms with E-state index >= 15 is 0 Å². The zero-order chi connectivity index (χ0) is 20.5. The summed E-state index contributed by atoms with van der Waals surface area (Å²) in [5.74, 6) is 1.21. The second-order valence-electron chi connectivity index (χ2n) is 7.24.